The van der Waals surface area contributed by atoms with Crippen LogP contribution in [0, 0.1) is 11.7 Å². The van der Waals surface area contributed by atoms with E-state index in [1.807, 2.05) is 0 Å². The van der Waals surface area contributed by atoms with E-state index in [9.17, 15) is 5.11 Å². The number of ether oxygens (including phenoxy) is 1. The van der Waals surface area contributed by atoms with Crippen LogP contribution in [0.5, 0.6) is 6.01 Å². The zero-order chi connectivity index (χ0) is 29.9. The van der Waals surface area contributed by atoms with Gasteiger partial charge in [0.15, 0.2) is 5.82 Å². The number of anilines is 1. The lowest BCUT2D eigenvalue weighted by Gasteiger charge is -2.35. The molecule has 11 nitrogen and oxygen atoms in total. The number of aromatic amines is 1. The maximum atomic E-state index is 16.9. The van der Waals surface area contributed by atoms with Crippen LogP contribution in [0.15, 0.2) is 29.1 Å². The summed E-state index contributed by atoms with van der Waals surface area (Å²) in [4.78, 5) is 22.9. The number of aromatic nitrogens is 6. The van der Waals surface area contributed by atoms with E-state index < -0.39 is 11.9 Å². The molecule has 4 aliphatic heterocycles. The summed E-state index contributed by atoms with van der Waals surface area (Å²) in [6, 6.07) is 2.14. The maximum absolute atomic E-state index is 16.9. The first kappa shape index (κ1) is 27.7. The van der Waals surface area contributed by atoms with Crippen molar-refractivity contribution in [2.45, 2.75) is 50.7 Å². The number of pyridine rings is 1. The quantitative estimate of drug-likeness (QED) is 0.289. The van der Waals surface area contributed by atoms with E-state index >= 15 is 4.39 Å². The first-order chi connectivity index (χ1) is 21.4. The van der Waals surface area contributed by atoms with Crippen LogP contribution >= 0.6 is 11.6 Å². The normalized spacial score (nSPS) is 22.4. The van der Waals surface area contributed by atoms with E-state index in [1.54, 1.807) is 24.7 Å². The Hall–Kier alpha value is -3.87. The van der Waals surface area contributed by atoms with Gasteiger partial charge in [0.25, 0.3) is 0 Å². The van der Waals surface area contributed by atoms with Crippen LogP contribution in [-0.2, 0) is 12.8 Å². The molecular weight excluding hydrogens is 587 g/mol. The molecule has 0 saturated carbocycles. The second-order valence-electron chi connectivity index (χ2n) is 12.1. The highest BCUT2D eigenvalue weighted by Crippen LogP contribution is 2.41. The third-order valence-corrected chi connectivity index (χ3v) is 9.74. The highest BCUT2D eigenvalue weighted by atomic mass is 35.5. The van der Waals surface area contributed by atoms with E-state index in [4.69, 9.17) is 25.7 Å². The molecule has 9 rings (SSSR count). The van der Waals surface area contributed by atoms with Crippen LogP contribution in [-0.4, -0.2) is 79.5 Å². The number of piperidine rings is 1. The Kier molecular flexibility index (Phi) is 6.87. The van der Waals surface area contributed by atoms with Gasteiger partial charge in [-0.1, -0.05) is 11.6 Å². The SMILES string of the molecule is CN1CCC[C@H]1COc1nc2c3cnc(c(F)c3n1)-c1c(c(Cl)cc3[nH]ncc13)CCc1cnc(o1)[C@@H](O)[C@@H]1CCCN2C1. The monoisotopic (exact) mass is 618 g/mol. The number of rotatable bonds is 3. The van der Waals surface area contributed by atoms with Crippen molar-refractivity contribution >= 4 is 39.2 Å². The van der Waals surface area contributed by atoms with E-state index in [0.29, 0.717) is 82.4 Å². The van der Waals surface area contributed by atoms with Gasteiger partial charge in [-0.3, -0.25) is 10.1 Å². The Bertz CT molecular complexity index is 1880. The molecule has 0 unspecified atom stereocenters. The van der Waals surface area contributed by atoms with Crippen LogP contribution in [0.4, 0.5) is 10.2 Å². The number of likely N-dealkylation sites (N-methyl/N-ethyl adjacent to an activating group) is 1. The molecule has 0 radical (unpaired) electrons. The zero-order valence-corrected chi connectivity index (χ0v) is 25.0. The van der Waals surface area contributed by atoms with Crippen LogP contribution in [0.25, 0.3) is 33.1 Å². The number of aliphatic hydroxyl groups excluding tert-OH is 1. The number of likely N-dealkylation sites (tertiary alicyclic amines) is 1. The summed E-state index contributed by atoms with van der Waals surface area (Å²) in [6.07, 6.45) is 8.63. The first-order valence-corrected chi connectivity index (χ1v) is 15.5. The third-order valence-electron chi connectivity index (χ3n) is 9.41. The van der Waals surface area contributed by atoms with Crippen molar-refractivity contribution in [3.63, 3.8) is 0 Å². The topological polar surface area (TPSA) is 129 Å². The van der Waals surface area contributed by atoms with Gasteiger partial charge in [-0.05, 0) is 57.3 Å². The Morgan fingerprint density at radius 2 is 2.00 bits per heavy atom. The second kappa shape index (κ2) is 10.9. The van der Waals surface area contributed by atoms with Gasteiger partial charge in [-0.2, -0.15) is 15.1 Å². The first-order valence-electron chi connectivity index (χ1n) is 15.2. The van der Waals surface area contributed by atoms with Gasteiger partial charge in [-0.15, -0.1) is 0 Å². The maximum Gasteiger partial charge on any atom is 0.319 e. The summed E-state index contributed by atoms with van der Waals surface area (Å²) >= 11 is 6.83. The molecule has 1 aromatic carbocycles. The Morgan fingerprint density at radius 3 is 2.86 bits per heavy atom. The van der Waals surface area contributed by atoms with Crippen molar-refractivity contribution < 1.29 is 18.7 Å². The number of aryl methyl sites for hydroxylation is 1. The highest BCUT2D eigenvalue weighted by molar-refractivity contribution is 6.33. The standard InChI is InChI=1S/C31H32ClFN8O3/c1-40-8-3-5-17(40)15-43-31-37-26-21-12-34-27(25(26)33)24-19(22(32)10-23-20(24)13-36-39-23)7-6-18-11-35-30(44-18)28(42)16-4-2-9-41(14-16)29(21)38-31/h10-13,16-17,28,42H,2-9,14-15H2,1H3,(H,36,39)/t16-,17+,28+/m1/s1. The summed E-state index contributed by atoms with van der Waals surface area (Å²) in [5.74, 6) is 0.693. The molecule has 44 heavy (non-hydrogen) atoms. The van der Waals surface area contributed by atoms with Crippen molar-refractivity contribution in [1.82, 2.24) is 35.0 Å². The van der Waals surface area contributed by atoms with E-state index in [-0.39, 0.29) is 29.2 Å². The van der Waals surface area contributed by atoms with Gasteiger partial charge < -0.3 is 24.1 Å². The molecular formula is C31H32ClFN8O3. The number of oxazole rings is 1. The third kappa shape index (κ3) is 4.67. The number of fused-ring (bicyclic) bond motifs is 3. The minimum absolute atomic E-state index is 0.116. The molecule has 8 heterocycles. The number of nitrogens with zero attached hydrogens (tertiary/aromatic N) is 7. The number of aliphatic hydroxyl groups is 1. The lowest BCUT2D eigenvalue weighted by Crippen LogP contribution is -2.38. The van der Waals surface area contributed by atoms with Crippen molar-refractivity contribution in [3.05, 3.63) is 52.7 Å². The molecule has 2 saturated heterocycles. The Morgan fingerprint density at radius 1 is 1.11 bits per heavy atom. The number of H-pyrrole nitrogens is 1. The number of benzene rings is 1. The molecule has 228 valence electrons. The van der Waals surface area contributed by atoms with Crippen LogP contribution in [0.1, 0.15) is 49.0 Å². The van der Waals surface area contributed by atoms with Gasteiger partial charge >= 0.3 is 6.01 Å². The lowest BCUT2D eigenvalue weighted by atomic mass is 9.92. The second-order valence-corrected chi connectivity index (χ2v) is 12.5. The van der Waals surface area contributed by atoms with Gasteiger partial charge in [0, 0.05) is 53.6 Å². The fourth-order valence-electron chi connectivity index (χ4n) is 6.96. The molecule has 4 aromatic heterocycles. The molecule has 5 aromatic rings. The predicted molar refractivity (Wildman–Crippen MR) is 162 cm³/mol. The van der Waals surface area contributed by atoms with Crippen LogP contribution < -0.4 is 9.64 Å². The average molecular weight is 619 g/mol. The van der Waals surface area contributed by atoms with Gasteiger partial charge in [0.1, 0.15) is 35.5 Å². The Labute approximate surface area is 257 Å². The molecule has 2 fully saturated rings. The smallest absolute Gasteiger partial charge is 0.319 e. The molecule has 8 bridgehead atoms. The van der Waals surface area contributed by atoms with Crippen molar-refractivity contribution in [3.8, 4) is 17.3 Å². The van der Waals surface area contributed by atoms with Crippen molar-refractivity contribution in [1.29, 1.82) is 0 Å². The number of nitrogens with one attached hydrogen (secondary N) is 1. The van der Waals surface area contributed by atoms with E-state index in [2.05, 4.69) is 42.0 Å². The number of hydrogen-bond donors (Lipinski definition) is 2. The molecule has 13 heteroatoms. The molecule has 4 aliphatic rings. The average Bonchev–Trinajstić information content (AvgIpc) is 3.80. The van der Waals surface area contributed by atoms with E-state index in [0.717, 1.165) is 32.2 Å². The summed E-state index contributed by atoms with van der Waals surface area (Å²) < 4.78 is 29.1. The highest BCUT2D eigenvalue weighted by Gasteiger charge is 2.33. The van der Waals surface area contributed by atoms with Gasteiger partial charge in [0.05, 0.1) is 23.3 Å². The summed E-state index contributed by atoms with van der Waals surface area (Å²) in [7, 11) is 2.08. The zero-order valence-electron chi connectivity index (χ0n) is 24.3. The fraction of sp³-hybridized carbons (Fsp3) is 0.452. The molecule has 2 N–H and O–H groups in total. The lowest BCUT2D eigenvalue weighted by molar-refractivity contribution is 0.0710. The molecule has 0 aliphatic carbocycles. The molecule has 3 atom stereocenters. The largest absolute Gasteiger partial charge is 0.462 e. The van der Waals surface area contributed by atoms with E-state index in [1.165, 1.54) is 0 Å². The van der Waals surface area contributed by atoms with Crippen molar-refractivity contribution in [2.75, 3.05) is 38.2 Å². The van der Waals surface area contributed by atoms with Crippen molar-refractivity contribution in [2.24, 2.45) is 5.92 Å². The Balaban J connectivity index is 1.34. The predicted octanol–water partition coefficient (Wildman–Crippen LogP) is 4.87. The fourth-order valence-corrected chi connectivity index (χ4v) is 7.26. The number of hydrogen-bond acceptors (Lipinski definition) is 10. The van der Waals surface area contributed by atoms with Gasteiger partial charge in [-0.25, -0.2) is 9.37 Å². The molecule has 0 spiro atoms. The van der Waals surface area contributed by atoms with Crippen LogP contribution in [0.2, 0.25) is 5.02 Å². The minimum atomic E-state index is -0.899. The minimum Gasteiger partial charge on any atom is -0.462 e. The summed E-state index contributed by atoms with van der Waals surface area (Å²) in [5, 5.41) is 20.1. The number of halogens is 2. The van der Waals surface area contributed by atoms with Gasteiger partial charge in [0.2, 0.25) is 5.89 Å². The van der Waals surface area contributed by atoms with Crippen LogP contribution in [0.3, 0.4) is 0 Å². The molecule has 0 amide bonds. The summed E-state index contributed by atoms with van der Waals surface area (Å²) in [5.41, 5.74) is 2.17. The summed E-state index contributed by atoms with van der Waals surface area (Å²) in [6.45, 7) is 2.57.